The molecule has 0 N–H and O–H groups in total. The Bertz CT molecular complexity index is 680. The third-order valence-corrected chi connectivity index (χ3v) is 6.83. The second-order valence-electron chi connectivity index (χ2n) is 10.6. The van der Waals surface area contributed by atoms with E-state index in [0.29, 0.717) is 72.5 Å². The Balaban J connectivity index is 1.78. The zero-order valence-corrected chi connectivity index (χ0v) is 26.3. The Morgan fingerprint density at radius 3 is 1.49 bits per heavy atom. The maximum absolute atomic E-state index is 11.7. The van der Waals surface area contributed by atoms with E-state index in [-0.39, 0.29) is 5.97 Å². The molecule has 41 heavy (non-hydrogen) atoms. The molecule has 7 nitrogen and oxygen atoms in total. The van der Waals surface area contributed by atoms with Gasteiger partial charge in [-0.3, -0.25) is 4.79 Å². The summed E-state index contributed by atoms with van der Waals surface area (Å²) >= 11 is 0. The molecule has 0 aromatic heterocycles. The van der Waals surface area contributed by atoms with Gasteiger partial charge in [-0.2, -0.15) is 0 Å². The van der Waals surface area contributed by atoms with Crippen LogP contribution in [0.1, 0.15) is 109 Å². The van der Waals surface area contributed by atoms with Crippen LogP contribution in [-0.4, -0.2) is 72.0 Å². The summed E-state index contributed by atoms with van der Waals surface area (Å²) in [7, 11) is 0. The van der Waals surface area contributed by atoms with Crippen molar-refractivity contribution in [1.29, 1.82) is 0 Å². The molecule has 0 bridgehead atoms. The number of unbranched alkanes of at least 4 members (excludes halogenated alkanes) is 11. The first-order valence-corrected chi connectivity index (χ1v) is 16.4. The smallest absolute Gasteiger partial charge is 0.305 e. The van der Waals surface area contributed by atoms with Gasteiger partial charge in [0.15, 0.2) is 0 Å². The van der Waals surface area contributed by atoms with Crippen LogP contribution in [0.3, 0.4) is 0 Å². The second kappa shape index (κ2) is 29.8. The van der Waals surface area contributed by atoms with Crippen molar-refractivity contribution in [3.63, 3.8) is 0 Å². The molecule has 0 aliphatic rings. The van der Waals surface area contributed by atoms with Gasteiger partial charge in [0.1, 0.15) is 19.0 Å². The van der Waals surface area contributed by atoms with Crippen LogP contribution in [0.4, 0.5) is 0 Å². The molecule has 0 radical (unpaired) electrons. The largest absolute Gasteiger partial charge is 0.491 e. The molecule has 0 fully saturated rings. The van der Waals surface area contributed by atoms with Gasteiger partial charge in [0, 0.05) is 6.42 Å². The van der Waals surface area contributed by atoms with Crippen LogP contribution in [0, 0.1) is 0 Å². The van der Waals surface area contributed by atoms with Crippen LogP contribution in [0.15, 0.2) is 24.3 Å². The van der Waals surface area contributed by atoms with Crippen molar-refractivity contribution in [3.05, 3.63) is 29.8 Å². The van der Waals surface area contributed by atoms with Crippen LogP contribution in [0.5, 0.6) is 5.75 Å². The maximum Gasteiger partial charge on any atom is 0.305 e. The summed E-state index contributed by atoms with van der Waals surface area (Å²) < 4.78 is 33.0. The van der Waals surface area contributed by atoms with E-state index in [9.17, 15) is 4.79 Å². The number of benzene rings is 1. The van der Waals surface area contributed by atoms with Crippen LogP contribution < -0.4 is 4.74 Å². The molecule has 1 rings (SSSR count). The van der Waals surface area contributed by atoms with Crippen LogP contribution in [0.2, 0.25) is 0 Å². The summed E-state index contributed by atoms with van der Waals surface area (Å²) in [6, 6.07) is 8.43. The van der Waals surface area contributed by atoms with E-state index in [1.54, 1.807) is 0 Å². The van der Waals surface area contributed by atoms with Crippen molar-refractivity contribution in [2.24, 2.45) is 0 Å². The lowest BCUT2D eigenvalue weighted by atomic mass is 10.0. The molecule has 0 saturated carbocycles. The molecule has 1 aromatic rings. The van der Waals surface area contributed by atoms with Crippen LogP contribution >= 0.6 is 0 Å². The Hall–Kier alpha value is -1.67. The van der Waals surface area contributed by atoms with Crippen LogP contribution in [-0.2, 0) is 34.9 Å². The average molecular weight is 581 g/mol. The zero-order chi connectivity index (χ0) is 29.5. The van der Waals surface area contributed by atoms with E-state index in [1.165, 1.54) is 76.2 Å². The lowest BCUT2D eigenvalue weighted by Gasteiger charge is -2.09. The van der Waals surface area contributed by atoms with Gasteiger partial charge in [0.05, 0.1) is 52.9 Å². The molecular weight excluding hydrogens is 520 g/mol. The molecule has 0 amide bonds. The first-order chi connectivity index (χ1) is 20.3. The highest BCUT2D eigenvalue weighted by molar-refractivity contribution is 5.69. The topological polar surface area (TPSA) is 72.5 Å². The summed E-state index contributed by atoms with van der Waals surface area (Å²) in [5.41, 5.74) is 1.38. The number of carbonyl (C=O) groups is 1. The number of hydrogen-bond acceptors (Lipinski definition) is 7. The maximum atomic E-state index is 11.7. The van der Waals surface area contributed by atoms with E-state index in [0.717, 1.165) is 25.0 Å². The molecule has 0 saturated heterocycles. The molecule has 0 heterocycles. The SMILES string of the molecule is CCCCCCCCCC(=O)OCCOCCOCCOCCOCCOc1ccc(CCCCCCCC)cc1. The third kappa shape index (κ3) is 25.7. The van der Waals surface area contributed by atoms with Gasteiger partial charge in [-0.25, -0.2) is 0 Å². The summed E-state index contributed by atoms with van der Waals surface area (Å²) in [5.74, 6) is 0.758. The lowest BCUT2D eigenvalue weighted by molar-refractivity contribution is -0.145. The van der Waals surface area contributed by atoms with Gasteiger partial charge in [-0.05, 0) is 37.0 Å². The fourth-order valence-corrected chi connectivity index (χ4v) is 4.36. The zero-order valence-electron chi connectivity index (χ0n) is 26.3. The molecule has 1 aromatic carbocycles. The van der Waals surface area contributed by atoms with Gasteiger partial charge >= 0.3 is 5.97 Å². The monoisotopic (exact) mass is 580 g/mol. The first-order valence-electron chi connectivity index (χ1n) is 16.4. The Morgan fingerprint density at radius 2 is 0.951 bits per heavy atom. The van der Waals surface area contributed by atoms with Crippen molar-refractivity contribution < 1.29 is 33.2 Å². The van der Waals surface area contributed by atoms with Gasteiger partial charge in [0.2, 0.25) is 0 Å². The first kappa shape index (κ1) is 37.4. The molecule has 0 aliphatic heterocycles. The fraction of sp³-hybridized carbons (Fsp3) is 0.794. The van der Waals surface area contributed by atoms with E-state index in [4.69, 9.17) is 28.4 Å². The average Bonchev–Trinajstić information content (AvgIpc) is 2.99. The summed E-state index contributed by atoms with van der Waals surface area (Å²) in [4.78, 5) is 11.7. The van der Waals surface area contributed by atoms with Gasteiger partial charge in [-0.15, -0.1) is 0 Å². The molecule has 0 aliphatic carbocycles. The lowest BCUT2D eigenvalue weighted by Crippen LogP contribution is -2.15. The molecule has 0 unspecified atom stereocenters. The number of rotatable bonds is 31. The van der Waals surface area contributed by atoms with Gasteiger partial charge < -0.3 is 28.4 Å². The number of esters is 1. The normalized spacial score (nSPS) is 11.2. The standard InChI is InChI=1S/C34H60O7/c1-3-5-7-9-11-13-15-17-34(35)41-31-29-39-27-25-37-23-22-36-24-26-38-28-30-40-33-20-18-32(19-21-33)16-14-12-10-8-6-4-2/h18-21H,3-17,22-31H2,1-2H3. The molecular formula is C34H60O7. The third-order valence-electron chi connectivity index (χ3n) is 6.83. The minimum absolute atomic E-state index is 0.129. The number of aryl methyl sites for hydroxylation is 1. The van der Waals surface area contributed by atoms with E-state index in [2.05, 4.69) is 26.0 Å². The van der Waals surface area contributed by atoms with Crippen LogP contribution in [0.25, 0.3) is 0 Å². The minimum atomic E-state index is -0.129. The molecule has 7 heteroatoms. The molecule has 0 spiro atoms. The van der Waals surface area contributed by atoms with Crippen molar-refractivity contribution in [2.75, 3.05) is 66.1 Å². The van der Waals surface area contributed by atoms with Crippen molar-refractivity contribution in [3.8, 4) is 5.75 Å². The number of carbonyl (C=O) groups excluding carboxylic acids is 1. The minimum Gasteiger partial charge on any atom is -0.491 e. The van der Waals surface area contributed by atoms with Crippen molar-refractivity contribution in [2.45, 2.75) is 110 Å². The van der Waals surface area contributed by atoms with E-state index >= 15 is 0 Å². The Kier molecular flexibility index (Phi) is 27.2. The second-order valence-corrected chi connectivity index (χ2v) is 10.6. The van der Waals surface area contributed by atoms with Crippen molar-refractivity contribution in [1.82, 2.24) is 0 Å². The van der Waals surface area contributed by atoms with Crippen molar-refractivity contribution >= 4 is 5.97 Å². The molecule has 238 valence electrons. The Labute approximate surface area is 250 Å². The fourth-order valence-electron chi connectivity index (χ4n) is 4.36. The predicted octanol–water partition coefficient (Wildman–Crippen LogP) is 7.72. The highest BCUT2D eigenvalue weighted by Gasteiger charge is 2.03. The van der Waals surface area contributed by atoms with Gasteiger partial charge in [0.25, 0.3) is 0 Å². The Morgan fingerprint density at radius 1 is 0.512 bits per heavy atom. The predicted molar refractivity (Wildman–Crippen MR) is 166 cm³/mol. The van der Waals surface area contributed by atoms with E-state index < -0.39 is 0 Å². The van der Waals surface area contributed by atoms with E-state index in [1.807, 2.05) is 12.1 Å². The van der Waals surface area contributed by atoms with Gasteiger partial charge in [-0.1, -0.05) is 96.6 Å². The summed E-state index contributed by atoms with van der Waals surface area (Å²) in [6.07, 6.45) is 18.0. The highest BCUT2D eigenvalue weighted by atomic mass is 16.6. The summed E-state index contributed by atoms with van der Waals surface area (Å²) in [5, 5.41) is 0. The highest BCUT2D eigenvalue weighted by Crippen LogP contribution is 2.15. The number of ether oxygens (including phenoxy) is 6. The quantitative estimate of drug-likeness (QED) is 0.0658. The summed E-state index contributed by atoms with van der Waals surface area (Å²) in [6.45, 7) is 9.27. The number of hydrogen-bond donors (Lipinski definition) is 0. The molecule has 0 atom stereocenters.